The fourth-order valence-corrected chi connectivity index (χ4v) is 4.63. The van der Waals surface area contributed by atoms with Gasteiger partial charge in [0.2, 0.25) is 5.88 Å². The van der Waals surface area contributed by atoms with E-state index in [9.17, 15) is 0 Å². The molecule has 4 aromatic heterocycles. The Kier molecular flexibility index (Phi) is 4.74. The molecule has 0 saturated heterocycles. The molecule has 5 rings (SSSR count). The molecule has 4 aromatic rings. The van der Waals surface area contributed by atoms with E-state index in [4.69, 9.17) is 9.72 Å². The second-order valence-electron chi connectivity index (χ2n) is 7.43. The topological polar surface area (TPSA) is 84.8 Å². The monoisotopic (exact) mass is 421 g/mol. The molecule has 0 radical (unpaired) electrons. The lowest BCUT2D eigenvalue weighted by Gasteiger charge is -2.17. The fraction of sp³-hybridized carbons (Fsp3) is 0.333. The Hall–Kier alpha value is -3.20. The van der Waals surface area contributed by atoms with Crippen LogP contribution in [-0.2, 0) is 12.8 Å². The Balaban J connectivity index is 1.44. The zero-order chi connectivity index (χ0) is 20.7. The zero-order valence-electron chi connectivity index (χ0n) is 17.2. The zero-order valence-corrected chi connectivity index (χ0v) is 18.0. The van der Waals surface area contributed by atoms with Crippen molar-refractivity contribution < 1.29 is 4.74 Å². The lowest BCUT2D eigenvalue weighted by atomic mass is 9.97. The van der Waals surface area contributed by atoms with E-state index in [1.165, 1.54) is 24.1 Å². The van der Waals surface area contributed by atoms with Crippen LogP contribution in [-0.4, -0.2) is 43.9 Å². The van der Waals surface area contributed by atoms with Gasteiger partial charge in [-0.25, -0.2) is 15.0 Å². The number of hydrogen-bond donors (Lipinski definition) is 1. The number of nitrogens with one attached hydrogen (secondary N) is 1. The number of ether oxygens (including phenoxy) is 1. The quantitative estimate of drug-likeness (QED) is 0.523. The van der Waals surface area contributed by atoms with Crippen molar-refractivity contribution in [2.24, 2.45) is 0 Å². The van der Waals surface area contributed by atoms with Gasteiger partial charge in [0, 0.05) is 24.2 Å². The number of rotatable bonds is 5. The average Bonchev–Trinajstić information content (AvgIpc) is 3.52. The van der Waals surface area contributed by atoms with Crippen molar-refractivity contribution in [1.29, 1.82) is 0 Å². The van der Waals surface area contributed by atoms with Gasteiger partial charge in [-0.05, 0) is 44.7 Å². The highest BCUT2D eigenvalue weighted by Gasteiger charge is 2.22. The normalized spacial score (nSPS) is 13.3. The predicted molar refractivity (Wildman–Crippen MR) is 117 cm³/mol. The summed E-state index contributed by atoms with van der Waals surface area (Å²) in [5.41, 5.74) is 5.89. The van der Waals surface area contributed by atoms with E-state index in [1.54, 1.807) is 24.8 Å². The van der Waals surface area contributed by atoms with Crippen LogP contribution in [0.3, 0.4) is 0 Å². The predicted octanol–water partition coefficient (Wildman–Crippen LogP) is 4.08. The van der Waals surface area contributed by atoms with E-state index < -0.39 is 0 Å². The fourth-order valence-electron chi connectivity index (χ4n) is 3.84. The highest BCUT2D eigenvalue weighted by Crippen LogP contribution is 2.35. The van der Waals surface area contributed by atoms with Crippen LogP contribution in [0.5, 0.6) is 5.88 Å². The van der Waals surface area contributed by atoms with Crippen molar-refractivity contribution in [3.05, 3.63) is 47.0 Å². The van der Waals surface area contributed by atoms with Crippen LogP contribution in [0.2, 0.25) is 0 Å². The van der Waals surface area contributed by atoms with Gasteiger partial charge in [-0.3, -0.25) is 5.10 Å². The van der Waals surface area contributed by atoms with Crippen LogP contribution in [0, 0.1) is 6.92 Å². The molecule has 0 atom stereocenters. The molecule has 30 heavy (non-hydrogen) atoms. The summed E-state index contributed by atoms with van der Waals surface area (Å²) >= 11 is 1.59. The Bertz CT molecular complexity index is 1190. The third-order valence-electron chi connectivity index (χ3n) is 5.42. The van der Waals surface area contributed by atoms with Crippen LogP contribution in [0.25, 0.3) is 17.1 Å². The Morgan fingerprint density at radius 3 is 2.83 bits per heavy atom. The number of imidazole rings is 1. The average molecular weight is 422 g/mol. The van der Waals surface area contributed by atoms with Crippen molar-refractivity contribution in [3.63, 3.8) is 0 Å². The number of thiazole rings is 1. The minimum atomic E-state index is 0.537. The van der Waals surface area contributed by atoms with Gasteiger partial charge in [-0.1, -0.05) is 0 Å². The molecule has 0 aliphatic heterocycles. The lowest BCUT2D eigenvalue weighted by molar-refractivity contribution is 0.396. The van der Waals surface area contributed by atoms with Crippen LogP contribution in [0.4, 0.5) is 10.9 Å². The molecule has 9 heteroatoms. The minimum absolute atomic E-state index is 0.537. The number of pyridine rings is 1. The second-order valence-corrected chi connectivity index (χ2v) is 8.26. The molecule has 0 amide bonds. The molecule has 0 saturated carbocycles. The first-order valence-electron chi connectivity index (χ1n) is 9.96. The Morgan fingerprint density at radius 1 is 1.17 bits per heavy atom. The summed E-state index contributed by atoms with van der Waals surface area (Å²) in [4.78, 5) is 15.9. The van der Waals surface area contributed by atoms with Crippen LogP contribution < -0.4 is 9.64 Å². The maximum absolute atomic E-state index is 5.54. The molecule has 4 heterocycles. The van der Waals surface area contributed by atoms with Crippen molar-refractivity contribution in [1.82, 2.24) is 29.7 Å². The van der Waals surface area contributed by atoms with E-state index in [0.717, 1.165) is 46.6 Å². The molecule has 1 aliphatic rings. The molecule has 0 aromatic carbocycles. The van der Waals surface area contributed by atoms with Gasteiger partial charge < -0.3 is 14.2 Å². The van der Waals surface area contributed by atoms with Gasteiger partial charge >= 0.3 is 0 Å². The third-order valence-corrected chi connectivity index (χ3v) is 6.34. The molecule has 0 fully saturated rings. The molecule has 0 unspecified atom stereocenters. The number of anilines is 2. The molecule has 154 valence electrons. The third kappa shape index (κ3) is 3.24. The van der Waals surface area contributed by atoms with Gasteiger partial charge in [0.25, 0.3) is 0 Å². The molecular formula is C21H23N7OS. The van der Waals surface area contributed by atoms with E-state index >= 15 is 0 Å². The Labute approximate surface area is 178 Å². The summed E-state index contributed by atoms with van der Waals surface area (Å²) in [6.07, 6.45) is 8.25. The summed E-state index contributed by atoms with van der Waals surface area (Å²) < 4.78 is 7.45. The van der Waals surface area contributed by atoms with Gasteiger partial charge in [-0.15, -0.1) is 11.3 Å². The smallest absolute Gasteiger partial charge is 0.238 e. The van der Waals surface area contributed by atoms with Crippen molar-refractivity contribution in [3.8, 4) is 23.0 Å². The van der Waals surface area contributed by atoms with Crippen molar-refractivity contribution in [2.45, 2.75) is 32.6 Å². The largest absolute Gasteiger partial charge is 0.479 e. The number of aromatic nitrogens is 6. The number of fused-ring (bicyclic) bond motifs is 1. The van der Waals surface area contributed by atoms with Gasteiger partial charge in [0.1, 0.15) is 17.2 Å². The number of aromatic amines is 1. The maximum atomic E-state index is 5.54. The van der Waals surface area contributed by atoms with Crippen molar-refractivity contribution >= 4 is 22.3 Å². The first-order valence-corrected chi connectivity index (χ1v) is 10.8. The summed E-state index contributed by atoms with van der Waals surface area (Å²) in [7, 11) is 3.66. The molecule has 8 nitrogen and oxygen atoms in total. The molecule has 0 spiro atoms. The second kappa shape index (κ2) is 7.56. The number of aryl methyl sites for hydroxylation is 2. The van der Waals surface area contributed by atoms with E-state index in [2.05, 4.69) is 25.1 Å². The van der Waals surface area contributed by atoms with Crippen LogP contribution >= 0.6 is 11.3 Å². The molecule has 0 bridgehead atoms. The SMILES string of the molecule is COc1nc(-c2csc(N(C)c3[nH]nc4c3CCCC4)n2)ccc1-n1cnc(C)c1. The van der Waals surface area contributed by atoms with E-state index in [-0.39, 0.29) is 0 Å². The molecule has 1 aliphatic carbocycles. The van der Waals surface area contributed by atoms with Crippen LogP contribution in [0.15, 0.2) is 30.0 Å². The highest BCUT2D eigenvalue weighted by atomic mass is 32.1. The standard InChI is InChI=1S/C21H23N7OS/c1-13-10-28(12-22-13)18-9-8-16(23-20(18)29-3)17-11-30-21(24-17)27(2)19-14-6-4-5-7-15(14)25-26-19/h8-12H,4-7H2,1-3H3,(H,25,26). The Morgan fingerprint density at radius 2 is 2.03 bits per heavy atom. The first kappa shape index (κ1) is 18.8. The summed E-state index contributed by atoms with van der Waals surface area (Å²) in [6.45, 7) is 1.95. The number of H-pyrrole nitrogens is 1. The number of hydrogen-bond acceptors (Lipinski definition) is 7. The summed E-state index contributed by atoms with van der Waals surface area (Å²) in [5.74, 6) is 1.58. The van der Waals surface area contributed by atoms with Crippen molar-refractivity contribution in [2.75, 3.05) is 19.1 Å². The van der Waals surface area contributed by atoms with Gasteiger partial charge in [0.15, 0.2) is 5.13 Å². The van der Waals surface area contributed by atoms with Gasteiger partial charge in [-0.2, -0.15) is 5.10 Å². The maximum Gasteiger partial charge on any atom is 0.238 e. The lowest BCUT2D eigenvalue weighted by Crippen LogP contribution is -2.13. The summed E-state index contributed by atoms with van der Waals surface area (Å²) in [6, 6.07) is 3.94. The highest BCUT2D eigenvalue weighted by molar-refractivity contribution is 7.14. The van der Waals surface area contributed by atoms with Crippen LogP contribution in [0.1, 0.15) is 29.8 Å². The number of nitrogens with zero attached hydrogens (tertiary/aromatic N) is 6. The summed E-state index contributed by atoms with van der Waals surface area (Å²) in [5, 5.41) is 10.6. The number of methoxy groups -OCH3 is 1. The molecular weight excluding hydrogens is 398 g/mol. The van der Waals surface area contributed by atoms with E-state index in [0.29, 0.717) is 5.88 Å². The molecule has 1 N–H and O–H groups in total. The van der Waals surface area contributed by atoms with Gasteiger partial charge in [0.05, 0.1) is 30.5 Å². The minimum Gasteiger partial charge on any atom is -0.479 e. The van der Waals surface area contributed by atoms with E-state index in [1.807, 2.05) is 42.2 Å². The first-order chi connectivity index (χ1) is 14.6.